The normalized spacial score (nSPS) is 10.8. The van der Waals surface area contributed by atoms with Gasteiger partial charge in [0.05, 0.1) is 6.20 Å². The van der Waals surface area contributed by atoms with E-state index in [9.17, 15) is 0 Å². The van der Waals surface area contributed by atoms with Crippen molar-refractivity contribution in [1.82, 2.24) is 15.1 Å². The first-order chi connectivity index (χ1) is 8.70. The second-order valence-electron chi connectivity index (χ2n) is 4.33. The van der Waals surface area contributed by atoms with Gasteiger partial charge in [0.1, 0.15) is 0 Å². The average molecular weight is 261 g/mol. The summed E-state index contributed by atoms with van der Waals surface area (Å²) in [5.74, 6) is 0. The van der Waals surface area contributed by atoms with Crippen LogP contribution >= 0.6 is 11.8 Å². The second kappa shape index (κ2) is 6.07. The summed E-state index contributed by atoms with van der Waals surface area (Å²) in [6.45, 7) is 3.85. The van der Waals surface area contributed by atoms with E-state index in [1.165, 1.54) is 21.7 Å². The predicted octanol–water partition coefficient (Wildman–Crippen LogP) is 2.74. The van der Waals surface area contributed by atoms with Gasteiger partial charge in [0.15, 0.2) is 0 Å². The van der Waals surface area contributed by atoms with Gasteiger partial charge in [-0.2, -0.15) is 5.10 Å². The van der Waals surface area contributed by atoms with Gasteiger partial charge in [-0.25, -0.2) is 0 Å². The zero-order valence-electron chi connectivity index (χ0n) is 11.1. The zero-order valence-corrected chi connectivity index (χ0v) is 11.9. The van der Waals surface area contributed by atoms with Crippen LogP contribution < -0.4 is 5.32 Å². The molecule has 96 valence electrons. The third-order valence-corrected chi connectivity index (χ3v) is 3.88. The smallest absolute Gasteiger partial charge is 0.0537 e. The van der Waals surface area contributed by atoms with E-state index in [0.29, 0.717) is 0 Å². The number of aromatic nitrogens is 2. The molecule has 1 N–H and O–H groups in total. The fourth-order valence-electron chi connectivity index (χ4n) is 1.80. The number of hydrogen-bond acceptors (Lipinski definition) is 3. The van der Waals surface area contributed by atoms with Crippen LogP contribution in [0.5, 0.6) is 0 Å². The average Bonchev–Trinajstić information content (AvgIpc) is 2.71. The summed E-state index contributed by atoms with van der Waals surface area (Å²) >= 11 is 1.77. The lowest BCUT2D eigenvalue weighted by Gasteiger charge is -2.05. The van der Waals surface area contributed by atoms with E-state index in [1.54, 1.807) is 11.8 Å². The minimum atomic E-state index is 0.865. The van der Waals surface area contributed by atoms with Gasteiger partial charge >= 0.3 is 0 Å². The maximum Gasteiger partial charge on any atom is 0.0537 e. The molecule has 0 spiro atoms. The lowest BCUT2D eigenvalue weighted by molar-refractivity contribution is 0.684. The van der Waals surface area contributed by atoms with Crippen LogP contribution in [-0.4, -0.2) is 16.0 Å². The van der Waals surface area contributed by atoms with Crippen molar-refractivity contribution in [2.75, 3.05) is 6.26 Å². The zero-order chi connectivity index (χ0) is 13.0. The summed E-state index contributed by atoms with van der Waals surface area (Å²) in [5, 5.41) is 7.69. The molecule has 0 aliphatic carbocycles. The van der Waals surface area contributed by atoms with Gasteiger partial charge in [-0.15, -0.1) is 11.8 Å². The van der Waals surface area contributed by atoms with Crippen molar-refractivity contribution in [3.63, 3.8) is 0 Å². The van der Waals surface area contributed by atoms with E-state index >= 15 is 0 Å². The number of benzene rings is 1. The van der Waals surface area contributed by atoms with E-state index in [4.69, 9.17) is 0 Å². The fraction of sp³-hybridized carbons (Fsp3) is 0.357. The minimum Gasteiger partial charge on any atom is -0.308 e. The Morgan fingerprint density at radius 2 is 1.94 bits per heavy atom. The van der Waals surface area contributed by atoms with Gasteiger partial charge in [0.2, 0.25) is 0 Å². The second-order valence-corrected chi connectivity index (χ2v) is 5.21. The van der Waals surface area contributed by atoms with Crippen LogP contribution in [0.25, 0.3) is 0 Å². The molecule has 1 aromatic heterocycles. The lowest BCUT2D eigenvalue weighted by atomic mass is 10.2. The van der Waals surface area contributed by atoms with Crippen LogP contribution in [0.3, 0.4) is 0 Å². The molecule has 0 aliphatic heterocycles. The van der Waals surface area contributed by atoms with Crippen molar-refractivity contribution in [2.24, 2.45) is 7.05 Å². The monoisotopic (exact) mass is 261 g/mol. The number of hydrogen-bond donors (Lipinski definition) is 1. The van der Waals surface area contributed by atoms with Gasteiger partial charge in [0.25, 0.3) is 0 Å². The molecule has 0 fully saturated rings. The highest BCUT2D eigenvalue weighted by atomic mass is 32.2. The van der Waals surface area contributed by atoms with Gasteiger partial charge in [-0.3, -0.25) is 4.68 Å². The van der Waals surface area contributed by atoms with Gasteiger partial charge < -0.3 is 5.32 Å². The summed E-state index contributed by atoms with van der Waals surface area (Å²) in [6, 6.07) is 8.68. The van der Waals surface area contributed by atoms with E-state index in [1.807, 2.05) is 17.9 Å². The summed E-state index contributed by atoms with van der Waals surface area (Å²) in [5.41, 5.74) is 3.80. The topological polar surface area (TPSA) is 29.9 Å². The van der Waals surface area contributed by atoms with Crippen molar-refractivity contribution < 1.29 is 0 Å². The number of nitrogens with one attached hydrogen (secondary N) is 1. The van der Waals surface area contributed by atoms with Crippen molar-refractivity contribution in [2.45, 2.75) is 24.9 Å². The molecule has 0 atom stereocenters. The quantitative estimate of drug-likeness (QED) is 0.839. The Bertz CT molecular complexity index is 502. The molecule has 1 heterocycles. The van der Waals surface area contributed by atoms with Crippen molar-refractivity contribution in [3.8, 4) is 0 Å². The first-order valence-corrected chi connectivity index (χ1v) is 7.24. The highest BCUT2D eigenvalue weighted by Gasteiger charge is 2.02. The number of aryl methyl sites for hydroxylation is 1. The van der Waals surface area contributed by atoms with E-state index in [2.05, 4.69) is 47.9 Å². The first kappa shape index (κ1) is 13.2. The largest absolute Gasteiger partial charge is 0.308 e. The Morgan fingerprint density at radius 1 is 1.22 bits per heavy atom. The molecule has 3 nitrogen and oxygen atoms in total. The van der Waals surface area contributed by atoms with Crippen LogP contribution in [0, 0.1) is 6.92 Å². The lowest BCUT2D eigenvalue weighted by Crippen LogP contribution is -2.13. The van der Waals surface area contributed by atoms with Gasteiger partial charge in [-0.05, 0) is 30.9 Å². The third-order valence-electron chi connectivity index (χ3n) is 3.14. The maximum atomic E-state index is 4.24. The van der Waals surface area contributed by atoms with Crippen molar-refractivity contribution in [1.29, 1.82) is 0 Å². The number of nitrogens with zero attached hydrogens (tertiary/aromatic N) is 2. The highest BCUT2D eigenvalue weighted by Crippen LogP contribution is 2.14. The van der Waals surface area contributed by atoms with Crippen molar-refractivity contribution in [3.05, 3.63) is 47.3 Å². The van der Waals surface area contributed by atoms with Gasteiger partial charge in [-0.1, -0.05) is 12.1 Å². The Labute approximate surface area is 113 Å². The fourth-order valence-corrected chi connectivity index (χ4v) is 2.21. The van der Waals surface area contributed by atoms with Crippen LogP contribution in [0.4, 0.5) is 0 Å². The standard InChI is InChI=1S/C14H19N3S/c1-11-13(10-16-17(11)2)9-15-8-12-4-6-14(18-3)7-5-12/h4-7,10,15H,8-9H2,1-3H3. The van der Waals surface area contributed by atoms with E-state index in [-0.39, 0.29) is 0 Å². The molecule has 2 aromatic rings. The summed E-state index contributed by atoms with van der Waals surface area (Å²) in [7, 11) is 1.97. The van der Waals surface area contributed by atoms with Gasteiger partial charge in [0, 0.05) is 36.3 Å². The Morgan fingerprint density at radius 3 is 2.50 bits per heavy atom. The third kappa shape index (κ3) is 3.15. The van der Waals surface area contributed by atoms with E-state index < -0.39 is 0 Å². The maximum absolute atomic E-state index is 4.24. The molecule has 1 aromatic carbocycles. The molecule has 4 heteroatoms. The Hall–Kier alpha value is -1.26. The molecule has 0 radical (unpaired) electrons. The van der Waals surface area contributed by atoms with Crippen LogP contribution in [-0.2, 0) is 20.1 Å². The van der Waals surface area contributed by atoms with Crippen LogP contribution in [0.15, 0.2) is 35.4 Å². The molecule has 0 amide bonds. The molecule has 2 rings (SSSR count). The summed E-state index contributed by atoms with van der Waals surface area (Å²) in [4.78, 5) is 1.31. The highest BCUT2D eigenvalue weighted by molar-refractivity contribution is 7.98. The molecular formula is C14H19N3S. The SMILES string of the molecule is CSc1ccc(CNCc2cnn(C)c2C)cc1. The van der Waals surface area contributed by atoms with Crippen molar-refractivity contribution >= 4 is 11.8 Å². The number of rotatable bonds is 5. The molecular weight excluding hydrogens is 242 g/mol. The minimum absolute atomic E-state index is 0.865. The van der Waals surface area contributed by atoms with Crippen LogP contribution in [0.2, 0.25) is 0 Å². The Kier molecular flexibility index (Phi) is 4.44. The number of thioether (sulfide) groups is 1. The molecule has 0 unspecified atom stereocenters. The van der Waals surface area contributed by atoms with E-state index in [0.717, 1.165) is 13.1 Å². The Balaban J connectivity index is 1.86. The molecule has 18 heavy (non-hydrogen) atoms. The summed E-state index contributed by atoms with van der Waals surface area (Å²) < 4.78 is 1.91. The summed E-state index contributed by atoms with van der Waals surface area (Å²) in [6.07, 6.45) is 4.03. The molecule has 0 saturated heterocycles. The van der Waals surface area contributed by atoms with Crippen LogP contribution in [0.1, 0.15) is 16.8 Å². The first-order valence-electron chi connectivity index (χ1n) is 6.02. The molecule has 0 aliphatic rings. The molecule has 0 bridgehead atoms. The predicted molar refractivity (Wildman–Crippen MR) is 76.7 cm³/mol. The molecule has 0 saturated carbocycles.